The van der Waals surface area contributed by atoms with Crippen LogP contribution in [0.25, 0.3) is 0 Å². The SMILES string of the molecule is CN(CCCCCN)C(=O)Nc1ccc(F)cc1. The van der Waals surface area contributed by atoms with E-state index in [0.29, 0.717) is 18.8 Å². The monoisotopic (exact) mass is 253 g/mol. The van der Waals surface area contributed by atoms with Gasteiger partial charge in [-0.1, -0.05) is 6.42 Å². The Hall–Kier alpha value is -1.62. The van der Waals surface area contributed by atoms with Gasteiger partial charge in [-0.15, -0.1) is 0 Å². The van der Waals surface area contributed by atoms with Crippen LogP contribution in [0.4, 0.5) is 14.9 Å². The molecule has 1 aromatic rings. The average Bonchev–Trinajstić information content (AvgIpc) is 2.37. The molecule has 0 saturated heterocycles. The second-order valence-electron chi connectivity index (χ2n) is 4.21. The van der Waals surface area contributed by atoms with Crippen LogP contribution in [0.2, 0.25) is 0 Å². The topological polar surface area (TPSA) is 58.4 Å². The van der Waals surface area contributed by atoms with Crippen molar-refractivity contribution in [3.63, 3.8) is 0 Å². The number of urea groups is 1. The van der Waals surface area contributed by atoms with Gasteiger partial charge >= 0.3 is 6.03 Å². The highest BCUT2D eigenvalue weighted by atomic mass is 19.1. The van der Waals surface area contributed by atoms with Crippen LogP contribution in [0.5, 0.6) is 0 Å². The summed E-state index contributed by atoms with van der Waals surface area (Å²) in [6, 6.07) is 5.52. The van der Waals surface area contributed by atoms with Gasteiger partial charge in [0.25, 0.3) is 0 Å². The Bertz CT molecular complexity index is 367. The van der Waals surface area contributed by atoms with Gasteiger partial charge in [-0.25, -0.2) is 9.18 Å². The first-order valence-electron chi connectivity index (χ1n) is 6.11. The highest BCUT2D eigenvalue weighted by Gasteiger charge is 2.07. The van der Waals surface area contributed by atoms with E-state index in [1.165, 1.54) is 24.3 Å². The second-order valence-corrected chi connectivity index (χ2v) is 4.21. The minimum atomic E-state index is -0.317. The number of nitrogens with two attached hydrogens (primary N) is 1. The molecule has 1 aromatic carbocycles. The molecule has 4 nitrogen and oxygen atoms in total. The molecule has 0 aliphatic rings. The summed E-state index contributed by atoms with van der Waals surface area (Å²) in [6.07, 6.45) is 2.93. The van der Waals surface area contributed by atoms with Crippen LogP contribution in [0.15, 0.2) is 24.3 Å². The molecule has 0 spiro atoms. The molecular weight excluding hydrogens is 233 g/mol. The minimum Gasteiger partial charge on any atom is -0.330 e. The van der Waals surface area contributed by atoms with Gasteiger partial charge in [-0.3, -0.25) is 0 Å². The van der Waals surface area contributed by atoms with Gasteiger partial charge in [0.2, 0.25) is 0 Å². The summed E-state index contributed by atoms with van der Waals surface area (Å²) >= 11 is 0. The summed E-state index contributed by atoms with van der Waals surface area (Å²) in [7, 11) is 1.74. The number of carbonyl (C=O) groups is 1. The zero-order valence-corrected chi connectivity index (χ0v) is 10.7. The van der Waals surface area contributed by atoms with Crippen molar-refractivity contribution in [3.8, 4) is 0 Å². The molecule has 0 aromatic heterocycles. The lowest BCUT2D eigenvalue weighted by Crippen LogP contribution is -2.32. The summed E-state index contributed by atoms with van der Waals surface area (Å²) in [5, 5.41) is 2.71. The number of rotatable bonds is 6. The highest BCUT2D eigenvalue weighted by Crippen LogP contribution is 2.09. The predicted octanol–water partition coefficient (Wildman–Crippen LogP) is 2.42. The molecule has 5 heteroatoms. The smallest absolute Gasteiger partial charge is 0.321 e. The second kappa shape index (κ2) is 7.66. The van der Waals surface area contributed by atoms with Crippen LogP contribution in [0.3, 0.4) is 0 Å². The number of carbonyl (C=O) groups excluding carboxylic acids is 1. The lowest BCUT2D eigenvalue weighted by atomic mass is 10.2. The Morgan fingerprint density at radius 2 is 1.94 bits per heavy atom. The van der Waals surface area contributed by atoms with Gasteiger partial charge in [-0.05, 0) is 43.7 Å². The fourth-order valence-corrected chi connectivity index (χ4v) is 1.52. The number of anilines is 1. The Balaban J connectivity index is 2.33. The summed E-state index contributed by atoms with van der Waals surface area (Å²) in [5.74, 6) is -0.317. The molecule has 18 heavy (non-hydrogen) atoms. The van der Waals surface area contributed by atoms with Crippen molar-refractivity contribution in [2.45, 2.75) is 19.3 Å². The number of hydrogen-bond acceptors (Lipinski definition) is 2. The van der Waals surface area contributed by atoms with E-state index >= 15 is 0 Å². The summed E-state index contributed by atoms with van der Waals surface area (Å²) < 4.78 is 12.7. The molecule has 2 amide bonds. The van der Waals surface area contributed by atoms with Crippen molar-refractivity contribution in [1.82, 2.24) is 4.90 Å². The number of halogens is 1. The summed E-state index contributed by atoms with van der Waals surface area (Å²) in [6.45, 7) is 1.37. The standard InChI is InChI=1S/C13H20FN3O/c1-17(10-4-2-3-9-15)13(18)16-12-7-5-11(14)6-8-12/h5-8H,2-4,9-10,15H2,1H3,(H,16,18). The van der Waals surface area contributed by atoms with Crippen LogP contribution >= 0.6 is 0 Å². The van der Waals surface area contributed by atoms with Crippen LogP contribution in [-0.4, -0.2) is 31.1 Å². The quantitative estimate of drug-likeness (QED) is 0.765. The number of nitrogens with zero attached hydrogens (tertiary/aromatic N) is 1. The third-order valence-corrected chi connectivity index (χ3v) is 2.64. The first kappa shape index (κ1) is 14.4. The van der Waals surface area contributed by atoms with E-state index < -0.39 is 0 Å². The molecule has 0 saturated carbocycles. The van der Waals surface area contributed by atoms with Gasteiger partial charge < -0.3 is 16.0 Å². The maximum absolute atomic E-state index is 12.7. The number of benzene rings is 1. The molecule has 100 valence electrons. The van der Waals surface area contributed by atoms with Crippen LogP contribution < -0.4 is 11.1 Å². The van der Waals surface area contributed by atoms with E-state index in [4.69, 9.17) is 5.73 Å². The van der Waals surface area contributed by atoms with Crippen molar-refractivity contribution in [2.24, 2.45) is 5.73 Å². The molecular formula is C13H20FN3O. The normalized spacial score (nSPS) is 10.2. The van der Waals surface area contributed by atoms with Crippen molar-refractivity contribution < 1.29 is 9.18 Å². The third-order valence-electron chi connectivity index (χ3n) is 2.64. The van der Waals surface area contributed by atoms with Crippen LogP contribution in [-0.2, 0) is 0 Å². The van der Waals surface area contributed by atoms with E-state index in [2.05, 4.69) is 5.32 Å². The van der Waals surface area contributed by atoms with E-state index in [1.807, 2.05) is 0 Å². The van der Waals surface area contributed by atoms with Crippen LogP contribution in [0.1, 0.15) is 19.3 Å². The lowest BCUT2D eigenvalue weighted by molar-refractivity contribution is 0.221. The fraction of sp³-hybridized carbons (Fsp3) is 0.462. The van der Waals surface area contributed by atoms with E-state index in [0.717, 1.165) is 19.3 Å². The number of hydrogen-bond donors (Lipinski definition) is 2. The van der Waals surface area contributed by atoms with Gasteiger partial charge in [0.1, 0.15) is 5.82 Å². The van der Waals surface area contributed by atoms with Crippen molar-refractivity contribution >= 4 is 11.7 Å². The zero-order valence-electron chi connectivity index (χ0n) is 10.7. The molecule has 1 rings (SSSR count). The Morgan fingerprint density at radius 3 is 2.56 bits per heavy atom. The zero-order chi connectivity index (χ0) is 13.4. The summed E-state index contributed by atoms with van der Waals surface area (Å²) in [5.41, 5.74) is 5.99. The van der Waals surface area contributed by atoms with Crippen molar-refractivity contribution in [2.75, 3.05) is 25.5 Å². The highest BCUT2D eigenvalue weighted by molar-refractivity contribution is 5.89. The first-order chi connectivity index (χ1) is 8.63. The molecule has 0 fully saturated rings. The molecule has 0 aliphatic carbocycles. The van der Waals surface area contributed by atoms with Crippen LogP contribution in [0, 0.1) is 5.82 Å². The largest absolute Gasteiger partial charge is 0.330 e. The van der Waals surface area contributed by atoms with Crippen molar-refractivity contribution in [3.05, 3.63) is 30.1 Å². The fourth-order valence-electron chi connectivity index (χ4n) is 1.52. The van der Waals surface area contributed by atoms with Gasteiger partial charge in [0, 0.05) is 19.3 Å². The maximum atomic E-state index is 12.7. The number of unbranched alkanes of at least 4 members (excludes halogenated alkanes) is 2. The van der Waals surface area contributed by atoms with E-state index in [9.17, 15) is 9.18 Å². The van der Waals surface area contributed by atoms with E-state index in [-0.39, 0.29) is 11.8 Å². The van der Waals surface area contributed by atoms with Gasteiger partial charge in [0.05, 0.1) is 0 Å². The van der Waals surface area contributed by atoms with Gasteiger partial charge in [-0.2, -0.15) is 0 Å². The molecule has 0 heterocycles. The number of nitrogens with one attached hydrogen (secondary N) is 1. The van der Waals surface area contributed by atoms with Gasteiger partial charge in [0.15, 0.2) is 0 Å². The average molecular weight is 253 g/mol. The Kier molecular flexibility index (Phi) is 6.14. The maximum Gasteiger partial charge on any atom is 0.321 e. The molecule has 0 bridgehead atoms. The van der Waals surface area contributed by atoms with Crippen molar-refractivity contribution in [1.29, 1.82) is 0 Å². The third kappa shape index (κ3) is 5.14. The molecule has 3 N–H and O–H groups in total. The number of amides is 2. The molecule has 0 atom stereocenters. The molecule has 0 radical (unpaired) electrons. The first-order valence-corrected chi connectivity index (χ1v) is 6.11. The Morgan fingerprint density at radius 1 is 1.28 bits per heavy atom. The predicted molar refractivity (Wildman–Crippen MR) is 71.0 cm³/mol. The minimum absolute atomic E-state index is 0.186. The van der Waals surface area contributed by atoms with E-state index in [1.54, 1.807) is 11.9 Å². The molecule has 0 unspecified atom stereocenters. The summed E-state index contributed by atoms with van der Waals surface area (Å²) in [4.78, 5) is 13.4. The molecule has 0 aliphatic heterocycles. The Labute approximate surface area is 107 Å². The lowest BCUT2D eigenvalue weighted by Gasteiger charge is -2.17.